The summed E-state index contributed by atoms with van der Waals surface area (Å²) in [5, 5.41) is 20.8. The third kappa shape index (κ3) is 5.34. The predicted molar refractivity (Wildman–Crippen MR) is 130 cm³/mol. The zero-order chi connectivity index (χ0) is 24.9. The number of hydrogen-bond acceptors (Lipinski definition) is 5. The van der Waals surface area contributed by atoms with Crippen molar-refractivity contribution >= 4 is 23.8 Å². The van der Waals surface area contributed by atoms with Gasteiger partial charge in [0.05, 0.1) is 0 Å². The van der Waals surface area contributed by atoms with Crippen molar-refractivity contribution in [2.45, 2.75) is 38.6 Å². The largest absolute Gasteiger partial charge is 0.480 e. The summed E-state index contributed by atoms with van der Waals surface area (Å²) in [5.74, 6) is -1.55. The Bertz CT molecular complexity index is 1190. The number of rotatable bonds is 9. The first-order chi connectivity index (χ1) is 16.9. The van der Waals surface area contributed by atoms with Crippen LogP contribution in [0.4, 0.5) is 10.6 Å². The molecule has 3 aromatic rings. The third-order valence-electron chi connectivity index (χ3n) is 6.33. The second-order valence-electron chi connectivity index (χ2n) is 8.73. The Morgan fingerprint density at radius 3 is 2.31 bits per heavy atom. The van der Waals surface area contributed by atoms with E-state index in [1.54, 1.807) is 0 Å². The van der Waals surface area contributed by atoms with E-state index in [0.717, 1.165) is 28.7 Å². The normalized spacial score (nSPS) is 13.9. The van der Waals surface area contributed by atoms with Crippen LogP contribution in [-0.2, 0) is 9.53 Å². The number of carboxylic acids is 1. The number of anilines is 1. The summed E-state index contributed by atoms with van der Waals surface area (Å²) in [6, 6.07) is 16.4. The molecule has 1 aromatic heterocycles. The number of carboxylic acid groups (broad SMARTS) is 1. The van der Waals surface area contributed by atoms with Gasteiger partial charge in [0.1, 0.15) is 18.3 Å². The van der Waals surface area contributed by atoms with Gasteiger partial charge >= 0.3 is 12.1 Å². The molecule has 35 heavy (non-hydrogen) atoms. The van der Waals surface area contributed by atoms with Crippen LogP contribution in [0.15, 0.2) is 54.6 Å². The van der Waals surface area contributed by atoms with Crippen LogP contribution in [-0.4, -0.2) is 45.9 Å². The van der Waals surface area contributed by atoms with Crippen LogP contribution in [0.2, 0.25) is 0 Å². The summed E-state index contributed by atoms with van der Waals surface area (Å²) in [6.45, 7) is 4.03. The molecule has 1 aliphatic carbocycles. The Hall–Kier alpha value is -4.14. The molecule has 182 valence electrons. The van der Waals surface area contributed by atoms with E-state index < -0.39 is 24.0 Å². The number of nitrogens with zero attached hydrogens (tertiary/aromatic N) is 1. The number of benzene rings is 2. The fourth-order valence-electron chi connectivity index (χ4n) is 4.27. The predicted octanol–water partition coefficient (Wildman–Crippen LogP) is 4.39. The third-order valence-corrected chi connectivity index (χ3v) is 6.33. The minimum Gasteiger partial charge on any atom is -0.480 e. The molecule has 1 heterocycles. The number of H-pyrrole nitrogens is 1. The van der Waals surface area contributed by atoms with E-state index in [9.17, 15) is 19.5 Å². The van der Waals surface area contributed by atoms with Crippen molar-refractivity contribution in [3.05, 3.63) is 71.4 Å². The van der Waals surface area contributed by atoms with Crippen LogP contribution in [0.25, 0.3) is 11.1 Å². The molecule has 4 rings (SSSR count). The highest BCUT2D eigenvalue weighted by Crippen LogP contribution is 2.44. The van der Waals surface area contributed by atoms with E-state index in [2.05, 4.69) is 33.0 Å². The number of amides is 2. The van der Waals surface area contributed by atoms with Crippen molar-refractivity contribution in [1.82, 2.24) is 15.5 Å². The number of carbonyl (C=O) groups excluding carboxylic acids is 2. The first-order valence-electron chi connectivity index (χ1n) is 11.6. The Labute approximate surface area is 202 Å². The molecule has 1 aliphatic rings. The molecule has 0 saturated heterocycles. The maximum Gasteiger partial charge on any atom is 0.412 e. The quantitative estimate of drug-likeness (QED) is 0.362. The first kappa shape index (κ1) is 24.0. The monoisotopic (exact) mass is 476 g/mol. The van der Waals surface area contributed by atoms with Crippen LogP contribution in [0.3, 0.4) is 0 Å². The lowest BCUT2D eigenvalue weighted by atomic mass is 9.98. The van der Waals surface area contributed by atoms with Gasteiger partial charge in [-0.2, -0.15) is 5.10 Å². The first-order valence-corrected chi connectivity index (χ1v) is 11.6. The van der Waals surface area contributed by atoms with Gasteiger partial charge < -0.3 is 15.2 Å². The van der Waals surface area contributed by atoms with E-state index in [4.69, 9.17) is 4.74 Å². The molecule has 0 fully saturated rings. The maximum absolute atomic E-state index is 12.5. The SMILES string of the molecule is CCC(C)CC(NC(=O)c1cc(NC(=O)OCC2c3ccccc3-c3ccccc32)n[nH]1)C(=O)O. The fraction of sp³-hybridized carbons (Fsp3) is 0.308. The molecule has 2 atom stereocenters. The smallest absolute Gasteiger partial charge is 0.412 e. The second-order valence-corrected chi connectivity index (χ2v) is 8.73. The van der Waals surface area contributed by atoms with Gasteiger partial charge in [-0.1, -0.05) is 68.8 Å². The number of carbonyl (C=O) groups is 3. The Morgan fingerprint density at radius 1 is 1.09 bits per heavy atom. The summed E-state index contributed by atoms with van der Waals surface area (Å²) >= 11 is 0. The summed E-state index contributed by atoms with van der Waals surface area (Å²) in [4.78, 5) is 36.4. The van der Waals surface area contributed by atoms with Gasteiger partial charge in [0, 0.05) is 12.0 Å². The topological polar surface area (TPSA) is 133 Å². The van der Waals surface area contributed by atoms with E-state index >= 15 is 0 Å². The van der Waals surface area contributed by atoms with Crippen molar-refractivity contribution in [1.29, 1.82) is 0 Å². The van der Waals surface area contributed by atoms with Gasteiger partial charge in [0.2, 0.25) is 0 Å². The molecule has 2 unspecified atom stereocenters. The van der Waals surface area contributed by atoms with Crippen LogP contribution in [0.1, 0.15) is 54.2 Å². The van der Waals surface area contributed by atoms with Crippen molar-refractivity contribution in [3.8, 4) is 11.1 Å². The maximum atomic E-state index is 12.5. The lowest BCUT2D eigenvalue weighted by molar-refractivity contribution is -0.139. The van der Waals surface area contributed by atoms with Crippen molar-refractivity contribution in [2.24, 2.45) is 5.92 Å². The van der Waals surface area contributed by atoms with E-state index in [1.807, 2.05) is 50.2 Å². The van der Waals surface area contributed by atoms with Crippen molar-refractivity contribution < 1.29 is 24.2 Å². The minimum absolute atomic E-state index is 0.0364. The van der Waals surface area contributed by atoms with Gasteiger partial charge in [-0.05, 0) is 34.6 Å². The summed E-state index contributed by atoms with van der Waals surface area (Å²) in [6.07, 6.45) is 0.416. The summed E-state index contributed by atoms with van der Waals surface area (Å²) in [7, 11) is 0. The van der Waals surface area contributed by atoms with Gasteiger partial charge in [-0.3, -0.25) is 15.2 Å². The lowest BCUT2D eigenvalue weighted by Crippen LogP contribution is -2.42. The zero-order valence-electron chi connectivity index (χ0n) is 19.6. The highest BCUT2D eigenvalue weighted by atomic mass is 16.5. The average molecular weight is 477 g/mol. The van der Waals surface area contributed by atoms with Crippen LogP contribution < -0.4 is 10.6 Å². The molecule has 9 nitrogen and oxygen atoms in total. The van der Waals surface area contributed by atoms with Crippen molar-refractivity contribution in [3.63, 3.8) is 0 Å². The number of nitrogens with one attached hydrogen (secondary N) is 3. The molecule has 0 saturated carbocycles. The minimum atomic E-state index is -1.10. The van der Waals surface area contributed by atoms with Gasteiger partial charge in [0.15, 0.2) is 5.82 Å². The molecule has 0 spiro atoms. The number of fused-ring (bicyclic) bond motifs is 3. The summed E-state index contributed by atoms with van der Waals surface area (Å²) in [5.41, 5.74) is 4.51. The lowest BCUT2D eigenvalue weighted by Gasteiger charge is -2.17. The second kappa shape index (κ2) is 10.4. The molecular weight excluding hydrogens is 448 g/mol. The van der Waals surface area contributed by atoms with Crippen molar-refractivity contribution in [2.75, 3.05) is 11.9 Å². The van der Waals surface area contributed by atoms with Gasteiger partial charge in [-0.25, -0.2) is 9.59 Å². The highest BCUT2D eigenvalue weighted by Gasteiger charge is 2.29. The molecule has 0 radical (unpaired) electrons. The van der Waals surface area contributed by atoms with Gasteiger partial charge in [-0.15, -0.1) is 0 Å². The molecule has 9 heteroatoms. The summed E-state index contributed by atoms with van der Waals surface area (Å²) < 4.78 is 5.48. The van der Waals surface area contributed by atoms with Crippen LogP contribution in [0, 0.1) is 5.92 Å². The molecule has 0 bridgehead atoms. The van der Waals surface area contributed by atoms with E-state index in [-0.39, 0.29) is 30.0 Å². The number of ether oxygens (including phenoxy) is 1. The molecule has 2 amide bonds. The number of aromatic nitrogens is 2. The Morgan fingerprint density at radius 2 is 1.71 bits per heavy atom. The van der Waals surface area contributed by atoms with Crippen LogP contribution >= 0.6 is 0 Å². The Kier molecular flexibility index (Phi) is 7.14. The molecule has 4 N–H and O–H groups in total. The zero-order valence-corrected chi connectivity index (χ0v) is 19.6. The Balaban J connectivity index is 1.35. The van der Waals surface area contributed by atoms with Gasteiger partial charge in [0.25, 0.3) is 5.91 Å². The molecular formula is C26H28N4O5. The van der Waals surface area contributed by atoms with E-state index in [0.29, 0.717) is 6.42 Å². The number of hydrogen-bond donors (Lipinski definition) is 4. The van der Waals surface area contributed by atoms with E-state index in [1.165, 1.54) is 6.07 Å². The highest BCUT2D eigenvalue weighted by molar-refractivity contribution is 5.96. The fourth-order valence-corrected chi connectivity index (χ4v) is 4.27. The average Bonchev–Trinajstić information content (AvgIpc) is 3.45. The standard InChI is InChI=1S/C26H28N4O5/c1-3-15(2)12-22(25(32)33)27-24(31)21-13-23(30-29-21)28-26(34)35-14-20-18-10-6-4-8-16(18)17-9-5-7-11-19(17)20/h4-11,13,15,20,22H,3,12,14H2,1-2H3,(H,27,31)(H,32,33)(H2,28,29,30,34). The molecule has 2 aromatic carbocycles. The molecule has 0 aliphatic heterocycles. The van der Waals surface area contributed by atoms with Crippen LogP contribution in [0.5, 0.6) is 0 Å². The number of aliphatic carboxylic acids is 1. The number of aromatic amines is 1.